The number of benzene rings is 1. The number of halogens is 2. The molecule has 1 saturated heterocycles. The maximum atomic E-state index is 12.5. The van der Waals surface area contributed by atoms with Gasteiger partial charge in [-0.1, -0.05) is 29.1 Å². The summed E-state index contributed by atoms with van der Waals surface area (Å²) in [4.78, 5) is 37.6. The quantitative estimate of drug-likeness (QED) is 0.388. The van der Waals surface area contributed by atoms with Gasteiger partial charge in [0.1, 0.15) is 12.6 Å². The molecule has 0 aromatic heterocycles. The highest BCUT2D eigenvalue weighted by atomic mass is 35.5. The molecule has 27 heavy (non-hydrogen) atoms. The van der Waals surface area contributed by atoms with Gasteiger partial charge >= 0.3 is 5.97 Å². The average molecular weight is 428 g/mol. The second kappa shape index (κ2) is 9.18. The fraction of sp³-hybridized carbons (Fsp3) is 0.278. The summed E-state index contributed by atoms with van der Waals surface area (Å²) in [6.07, 6.45) is 6.60. The molecule has 0 aliphatic carbocycles. The lowest BCUT2D eigenvalue weighted by atomic mass is 10.2. The van der Waals surface area contributed by atoms with Crippen molar-refractivity contribution in [2.24, 2.45) is 0 Å². The molecule has 0 bridgehead atoms. The first-order valence-corrected chi connectivity index (χ1v) is 9.36. The van der Waals surface area contributed by atoms with E-state index in [4.69, 9.17) is 39.1 Å². The molecule has 9 heteroatoms. The zero-order chi connectivity index (χ0) is 20.1. The first-order valence-electron chi connectivity index (χ1n) is 7.79. The molecule has 1 aromatic rings. The number of rotatable bonds is 6. The van der Waals surface area contributed by atoms with E-state index in [-0.39, 0.29) is 33.9 Å². The Labute approximate surface area is 170 Å². The molecule has 0 N–H and O–H groups in total. The maximum Gasteiger partial charge on any atom is 0.329 e. The summed E-state index contributed by atoms with van der Waals surface area (Å²) in [5.74, 6) is 1.30. The fourth-order valence-electron chi connectivity index (χ4n) is 2.25. The van der Waals surface area contributed by atoms with Gasteiger partial charge in [-0.15, -0.1) is 6.42 Å². The Kier molecular flexibility index (Phi) is 7.19. The second-order valence-corrected chi connectivity index (χ2v) is 7.09. The van der Waals surface area contributed by atoms with E-state index >= 15 is 0 Å². The molecule has 1 fully saturated rings. The number of carbonyl (C=O) groups is 3. The number of nitrogens with zero attached hydrogens (tertiary/aromatic N) is 1. The maximum absolute atomic E-state index is 12.5. The highest BCUT2D eigenvalue weighted by molar-refractivity contribution is 8.18. The summed E-state index contributed by atoms with van der Waals surface area (Å²) in [5.41, 5.74) is 0.493. The number of imide groups is 1. The number of carbonyl (C=O) groups excluding carboxylic acids is 3. The van der Waals surface area contributed by atoms with Gasteiger partial charge in [0.25, 0.3) is 11.1 Å². The minimum absolute atomic E-state index is 0.00340. The summed E-state index contributed by atoms with van der Waals surface area (Å²) in [6.45, 7) is 3.23. The summed E-state index contributed by atoms with van der Waals surface area (Å²) in [6, 6.07) is 2.04. The summed E-state index contributed by atoms with van der Waals surface area (Å²) in [7, 11) is 0. The predicted octanol–water partition coefficient (Wildman–Crippen LogP) is 3.99. The molecule has 2 rings (SSSR count). The second-order valence-electron chi connectivity index (χ2n) is 5.29. The molecule has 1 aliphatic heterocycles. The van der Waals surface area contributed by atoms with Crippen molar-refractivity contribution in [1.82, 2.24) is 4.90 Å². The zero-order valence-corrected chi connectivity index (χ0v) is 16.8. The van der Waals surface area contributed by atoms with Crippen LogP contribution in [0, 0.1) is 12.3 Å². The smallest absolute Gasteiger partial charge is 0.329 e. The highest BCUT2D eigenvalue weighted by Gasteiger charge is 2.41. The van der Waals surface area contributed by atoms with Gasteiger partial charge in [-0.05, 0) is 49.4 Å². The van der Waals surface area contributed by atoms with Gasteiger partial charge in [-0.2, -0.15) is 0 Å². The largest absolute Gasteiger partial charge is 0.478 e. The first-order chi connectivity index (χ1) is 12.8. The Morgan fingerprint density at radius 2 is 2.00 bits per heavy atom. The van der Waals surface area contributed by atoms with Crippen LogP contribution in [0.5, 0.6) is 5.75 Å². The summed E-state index contributed by atoms with van der Waals surface area (Å²) < 4.78 is 10.1. The number of amides is 2. The van der Waals surface area contributed by atoms with Crippen molar-refractivity contribution in [3.63, 3.8) is 0 Å². The molecule has 1 aromatic carbocycles. The number of hydrogen-bond acceptors (Lipinski definition) is 6. The molecule has 1 atom stereocenters. The van der Waals surface area contributed by atoms with Crippen LogP contribution in [-0.4, -0.2) is 41.3 Å². The molecule has 2 amide bonds. The summed E-state index contributed by atoms with van der Waals surface area (Å²) in [5, 5.41) is -0.135. The van der Waals surface area contributed by atoms with Crippen molar-refractivity contribution in [2.45, 2.75) is 19.9 Å². The lowest BCUT2D eigenvalue weighted by molar-refractivity contribution is -0.150. The Balaban J connectivity index is 2.28. The van der Waals surface area contributed by atoms with Crippen LogP contribution in [0.25, 0.3) is 6.08 Å². The Hall–Kier alpha value is -2.14. The van der Waals surface area contributed by atoms with E-state index in [1.807, 2.05) is 0 Å². The van der Waals surface area contributed by atoms with Crippen molar-refractivity contribution in [2.75, 3.05) is 13.2 Å². The van der Waals surface area contributed by atoms with Crippen molar-refractivity contribution < 1.29 is 23.9 Å². The Morgan fingerprint density at radius 1 is 1.37 bits per heavy atom. The van der Waals surface area contributed by atoms with Crippen molar-refractivity contribution in [3.05, 3.63) is 32.6 Å². The summed E-state index contributed by atoms with van der Waals surface area (Å²) >= 11 is 13.0. The van der Waals surface area contributed by atoms with E-state index in [0.29, 0.717) is 5.56 Å². The van der Waals surface area contributed by atoms with E-state index in [2.05, 4.69) is 5.92 Å². The molecule has 0 unspecified atom stereocenters. The van der Waals surface area contributed by atoms with Crippen LogP contribution in [0.15, 0.2) is 17.0 Å². The van der Waals surface area contributed by atoms with Crippen LogP contribution in [0.2, 0.25) is 10.0 Å². The van der Waals surface area contributed by atoms with Crippen LogP contribution in [0.1, 0.15) is 19.4 Å². The van der Waals surface area contributed by atoms with E-state index < -0.39 is 23.2 Å². The molecule has 0 radical (unpaired) electrons. The molecule has 1 aliphatic rings. The van der Waals surface area contributed by atoms with Crippen LogP contribution in [0.3, 0.4) is 0 Å². The minimum Gasteiger partial charge on any atom is -0.478 e. The molecule has 0 spiro atoms. The van der Waals surface area contributed by atoms with Crippen LogP contribution >= 0.6 is 35.0 Å². The molecular weight excluding hydrogens is 413 g/mol. The fourth-order valence-corrected chi connectivity index (χ4v) is 3.77. The predicted molar refractivity (Wildman–Crippen MR) is 105 cm³/mol. The number of terminal acetylenes is 1. The average Bonchev–Trinajstić information content (AvgIpc) is 2.87. The van der Waals surface area contributed by atoms with Gasteiger partial charge in [-0.25, -0.2) is 4.79 Å². The third-order valence-corrected chi connectivity index (χ3v) is 4.90. The number of esters is 1. The van der Waals surface area contributed by atoms with E-state index in [1.54, 1.807) is 6.92 Å². The molecule has 6 nitrogen and oxygen atoms in total. The standard InChI is InChI=1S/C18H15Cl2NO5S/c1-4-6-26-15-12(19)7-11(8-13(15)20)9-14-16(22)21(18(24)27-14)10(3)17(23)25-5-2/h1,7-10H,5-6H2,2-3H3/b14-9-/t10-/m1/s1. The van der Waals surface area contributed by atoms with Crippen molar-refractivity contribution >= 4 is 58.2 Å². The van der Waals surface area contributed by atoms with Crippen LogP contribution in [-0.2, 0) is 14.3 Å². The van der Waals surface area contributed by atoms with Crippen molar-refractivity contribution in [3.8, 4) is 18.1 Å². The third kappa shape index (κ3) is 4.78. The Morgan fingerprint density at radius 3 is 2.56 bits per heavy atom. The van der Waals surface area contributed by atoms with Crippen molar-refractivity contribution in [1.29, 1.82) is 0 Å². The monoisotopic (exact) mass is 427 g/mol. The SMILES string of the molecule is C#CCOc1c(Cl)cc(/C=C2\SC(=O)N([C@H](C)C(=O)OCC)C2=O)cc1Cl. The zero-order valence-electron chi connectivity index (χ0n) is 14.5. The minimum atomic E-state index is -1.02. The van der Waals surface area contributed by atoms with Gasteiger partial charge in [-0.3, -0.25) is 14.5 Å². The van der Waals surface area contributed by atoms with Crippen LogP contribution < -0.4 is 4.74 Å². The highest BCUT2D eigenvalue weighted by Crippen LogP contribution is 2.38. The molecular formula is C18H15Cl2NO5S. The van der Waals surface area contributed by atoms with Gasteiger partial charge < -0.3 is 9.47 Å². The molecule has 142 valence electrons. The number of hydrogen-bond donors (Lipinski definition) is 0. The van der Waals surface area contributed by atoms with E-state index in [9.17, 15) is 14.4 Å². The third-order valence-electron chi connectivity index (χ3n) is 3.46. The van der Waals surface area contributed by atoms with Gasteiger partial charge in [0.05, 0.1) is 21.6 Å². The normalized spacial score (nSPS) is 16.4. The van der Waals surface area contributed by atoms with Crippen LogP contribution in [0.4, 0.5) is 4.79 Å². The number of thioether (sulfide) groups is 1. The lowest BCUT2D eigenvalue weighted by Crippen LogP contribution is -2.42. The molecule has 0 saturated carbocycles. The van der Waals surface area contributed by atoms with E-state index in [1.165, 1.54) is 25.1 Å². The number of ether oxygens (including phenoxy) is 2. The van der Waals surface area contributed by atoms with Gasteiger partial charge in [0.15, 0.2) is 5.75 Å². The Bertz CT molecular complexity index is 839. The van der Waals surface area contributed by atoms with Gasteiger partial charge in [0.2, 0.25) is 0 Å². The van der Waals surface area contributed by atoms with Gasteiger partial charge in [0, 0.05) is 0 Å². The molecule has 1 heterocycles. The topological polar surface area (TPSA) is 72.9 Å². The van der Waals surface area contributed by atoms with E-state index in [0.717, 1.165) is 16.7 Å². The lowest BCUT2D eigenvalue weighted by Gasteiger charge is -2.19. The first kappa shape index (κ1) is 21.2.